The molecule has 0 aliphatic carbocycles. The number of hydrogen-bond acceptors (Lipinski definition) is 3. The molecule has 0 radical (unpaired) electrons. The summed E-state index contributed by atoms with van der Waals surface area (Å²) in [6.45, 7) is 3.48. The van der Waals surface area contributed by atoms with E-state index >= 15 is 0 Å². The van der Waals surface area contributed by atoms with Gasteiger partial charge in [-0.05, 0) is 37.3 Å². The Kier molecular flexibility index (Phi) is 5.26. The van der Waals surface area contributed by atoms with Crippen LogP contribution in [0.1, 0.15) is 22.8 Å². The molecule has 0 saturated carbocycles. The smallest absolute Gasteiger partial charge is 0.256 e. The first-order chi connectivity index (χ1) is 14.5. The molecule has 0 unspecified atom stereocenters. The van der Waals surface area contributed by atoms with Crippen LogP contribution in [-0.2, 0) is 4.79 Å². The largest absolute Gasteiger partial charge is 0.326 e. The van der Waals surface area contributed by atoms with Crippen molar-refractivity contribution in [1.29, 1.82) is 0 Å². The third-order valence-electron chi connectivity index (χ3n) is 4.75. The number of nitrogens with zero attached hydrogens (tertiary/aromatic N) is 1. The summed E-state index contributed by atoms with van der Waals surface area (Å²) in [6.07, 6.45) is 0. The molecule has 30 heavy (non-hydrogen) atoms. The topological polar surface area (TPSA) is 71.1 Å². The average Bonchev–Trinajstić information content (AvgIpc) is 2.73. The van der Waals surface area contributed by atoms with E-state index in [1.165, 1.54) is 6.92 Å². The highest BCUT2D eigenvalue weighted by Gasteiger charge is 2.14. The van der Waals surface area contributed by atoms with Crippen LogP contribution < -0.4 is 10.6 Å². The Morgan fingerprint density at radius 1 is 0.800 bits per heavy atom. The number of carbonyl (C=O) groups excluding carboxylic acids is 2. The van der Waals surface area contributed by atoms with Crippen LogP contribution in [0.2, 0.25) is 0 Å². The van der Waals surface area contributed by atoms with Crippen molar-refractivity contribution >= 4 is 34.1 Å². The van der Waals surface area contributed by atoms with Crippen LogP contribution in [0.4, 0.5) is 11.4 Å². The molecule has 0 saturated heterocycles. The Labute approximate surface area is 174 Å². The summed E-state index contributed by atoms with van der Waals surface area (Å²) in [7, 11) is 0. The van der Waals surface area contributed by atoms with Gasteiger partial charge < -0.3 is 10.6 Å². The number of carbonyl (C=O) groups is 2. The Bertz CT molecular complexity index is 1250. The average molecular weight is 395 g/mol. The molecule has 5 heteroatoms. The monoisotopic (exact) mass is 395 g/mol. The summed E-state index contributed by atoms with van der Waals surface area (Å²) < 4.78 is 0. The van der Waals surface area contributed by atoms with Gasteiger partial charge in [-0.3, -0.25) is 9.59 Å². The van der Waals surface area contributed by atoms with Crippen molar-refractivity contribution in [1.82, 2.24) is 4.98 Å². The van der Waals surface area contributed by atoms with Crippen molar-refractivity contribution in [3.8, 4) is 11.3 Å². The van der Waals surface area contributed by atoms with Crippen molar-refractivity contribution in [2.75, 3.05) is 10.6 Å². The second kappa shape index (κ2) is 8.17. The molecule has 148 valence electrons. The molecule has 4 aromatic rings. The molecule has 0 aliphatic rings. The summed E-state index contributed by atoms with van der Waals surface area (Å²) >= 11 is 0. The summed E-state index contributed by atoms with van der Waals surface area (Å²) in [5, 5.41) is 6.44. The third-order valence-corrected chi connectivity index (χ3v) is 4.75. The first kappa shape index (κ1) is 19.3. The van der Waals surface area contributed by atoms with Gasteiger partial charge in [0, 0.05) is 29.2 Å². The van der Waals surface area contributed by atoms with E-state index in [1.54, 1.807) is 24.3 Å². The van der Waals surface area contributed by atoms with Gasteiger partial charge in [0.05, 0.1) is 16.8 Å². The minimum atomic E-state index is -0.234. The van der Waals surface area contributed by atoms with E-state index in [-0.39, 0.29) is 11.8 Å². The van der Waals surface area contributed by atoms with Gasteiger partial charge in [0.1, 0.15) is 0 Å². The first-order valence-electron chi connectivity index (χ1n) is 9.65. The molecule has 0 fully saturated rings. The van der Waals surface area contributed by atoms with Gasteiger partial charge in [-0.15, -0.1) is 0 Å². The molecule has 0 bridgehead atoms. The maximum Gasteiger partial charge on any atom is 0.256 e. The molecule has 0 aliphatic heterocycles. The van der Waals surface area contributed by atoms with Crippen LogP contribution in [0.25, 0.3) is 22.2 Å². The zero-order valence-electron chi connectivity index (χ0n) is 16.8. The number of nitrogens with one attached hydrogen (secondary N) is 2. The minimum Gasteiger partial charge on any atom is -0.326 e. The number of aromatic nitrogens is 1. The number of fused-ring (bicyclic) bond motifs is 1. The van der Waals surface area contributed by atoms with Gasteiger partial charge in [-0.2, -0.15) is 0 Å². The summed E-state index contributed by atoms with van der Waals surface area (Å²) in [6, 6.07) is 24.5. The highest BCUT2D eigenvalue weighted by Crippen LogP contribution is 2.26. The van der Waals surface area contributed by atoms with Crippen molar-refractivity contribution in [3.05, 3.63) is 90.0 Å². The Hall–Kier alpha value is -3.99. The molecule has 5 nitrogen and oxygen atoms in total. The number of hydrogen-bond donors (Lipinski definition) is 2. The van der Waals surface area contributed by atoms with Crippen LogP contribution in [0.5, 0.6) is 0 Å². The van der Waals surface area contributed by atoms with E-state index in [0.717, 1.165) is 27.7 Å². The fourth-order valence-corrected chi connectivity index (χ4v) is 3.31. The fourth-order valence-electron chi connectivity index (χ4n) is 3.31. The maximum atomic E-state index is 13.2. The van der Waals surface area contributed by atoms with Gasteiger partial charge >= 0.3 is 0 Å². The van der Waals surface area contributed by atoms with Crippen LogP contribution in [0.15, 0.2) is 78.9 Å². The van der Waals surface area contributed by atoms with Crippen LogP contribution >= 0.6 is 0 Å². The molecule has 1 heterocycles. The zero-order chi connectivity index (χ0) is 21.1. The molecule has 2 amide bonds. The predicted molar refractivity (Wildman–Crippen MR) is 121 cm³/mol. The lowest BCUT2D eigenvalue weighted by atomic mass is 10.0. The number of pyridine rings is 1. The van der Waals surface area contributed by atoms with Crippen molar-refractivity contribution < 1.29 is 9.59 Å². The summed E-state index contributed by atoms with van der Waals surface area (Å²) in [4.78, 5) is 29.2. The lowest BCUT2D eigenvalue weighted by Gasteiger charge is -2.12. The van der Waals surface area contributed by atoms with Gasteiger partial charge in [0.25, 0.3) is 5.91 Å². The van der Waals surface area contributed by atoms with Gasteiger partial charge in [-0.1, -0.05) is 54.1 Å². The minimum absolute atomic E-state index is 0.165. The maximum absolute atomic E-state index is 13.2. The fraction of sp³-hybridized carbons (Fsp3) is 0.0800. The first-order valence-corrected chi connectivity index (χ1v) is 9.65. The van der Waals surface area contributed by atoms with Crippen LogP contribution in [0.3, 0.4) is 0 Å². The van der Waals surface area contributed by atoms with E-state index in [0.29, 0.717) is 16.9 Å². The lowest BCUT2D eigenvalue weighted by Crippen LogP contribution is -2.13. The van der Waals surface area contributed by atoms with E-state index < -0.39 is 0 Å². The van der Waals surface area contributed by atoms with E-state index in [4.69, 9.17) is 4.98 Å². The number of para-hydroxylation sites is 1. The molecule has 3 aromatic carbocycles. The van der Waals surface area contributed by atoms with E-state index in [1.807, 2.05) is 61.5 Å². The zero-order valence-corrected chi connectivity index (χ0v) is 16.8. The molecule has 1 aromatic heterocycles. The molecule has 4 rings (SSSR count). The number of rotatable bonds is 4. The highest BCUT2D eigenvalue weighted by atomic mass is 16.2. The Morgan fingerprint density at radius 3 is 2.23 bits per heavy atom. The van der Waals surface area contributed by atoms with E-state index in [2.05, 4.69) is 10.6 Å². The molecule has 2 N–H and O–H groups in total. The van der Waals surface area contributed by atoms with Crippen molar-refractivity contribution in [2.24, 2.45) is 0 Å². The lowest BCUT2D eigenvalue weighted by molar-refractivity contribution is -0.114. The second-order valence-electron chi connectivity index (χ2n) is 7.15. The third kappa shape index (κ3) is 4.20. The normalized spacial score (nSPS) is 10.6. The summed E-state index contributed by atoms with van der Waals surface area (Å²) in [5.74, 6) is -0.400. The SMILES string of the molecule is CC(=O)Nc1cccc(NC(=O)c2cc(-c3ccc(C)cc3)nc3ccccc23)c1. The number of anilines is 2. The van der Waals surface area contributed by atoms with Crippen molar-refractivity contribution in [2.45, 2.75) is 13.8 Å². The van der Waals surface area contributed by atoms with Crippen molar-refractivity contribution in [3.63, 3.8) is 0 Å². The quantitative estimate of drug-likeness (QED) is 0.485. The number of aryl methyl sites for hydroxylation is 1. The van der Waals surface area contributed by atoms with Gasteiger partial charge in [-0.25, -0.2) is 4.98 Å². The van der Waals surface area contributed by atoms with Crippen LogP contribution in [0, 0.1) is 6.92 Å². The van der Waals surface area contributed by atoms with Gasteiger partial charge in [0.15, 0.2) is 0 Å². The predicted octanol–water partition coefficient (Wildman–Crippen LogP) is 5.42. The second-order valence-corrected chi connectivity index (χ2v) is 7.15. The molecular formula is C25H21N3O2. The van der Waals surface area contributed by atoms with Gasteiger partial charge in [0.2, 0.25) is 5.91 Å². The van der Waals surface area contributed by atoms with Crippen LogP contribution in [-0.4, -0.2) is 16.8 Å². The standard InChI is InChI=1S/C25H21N3O2/c1-16-10-12-18(13-11-16)24-15-22(21-8-3-4-9-23(21)28-24)25(30)27-20-7-5-6-19(14-20)26-17(2)29/h3-15H,1-2H3,(H,26,29)(H,27,30). The summed E-state index contributed by atoms with van der Waals surface area (Å²) in [5.41, 5.74) is 5.38. The number of amides is 2. The Balaban J connectivity index is 1.73. The van der Waals surface area contributed by atoms with E-state index in [9.17, 15) is 9.59 Å². The molecule has 0 atom stereocenters. The Morgan fingerprint density at radius 2 is 1.50 bits per heavy atom. The molecular weight excluding hydrogens is 374 g/mol. The molecule has 0 spiro atoms. The highest BCUT2D eigenvalue weighted by molar-refractivity contribution is 6.13. The number of benzene rings is 3.